The van der Waals surface area contributed by atoms with Crippen LogP contribution >= 0.6 is 13.5 Å². The van der Waals surface area contributed by atoms with Crippen molar-refractivity contribution in [3.05, 3.63) is 29.1 Å². The molecule has 2 nitrogen and oxygen atoms in total. The first-order valence-corrected chi connectivity index (χ1v) is 6.20. The first-order valence-electron chi connectivity index (χ1n) is 6.20. The number of pyridine rings is 1. The molecule has 1 aliphatic rings. The highest BCUT2D eigenvalue weighted by atomic mass is 32.1. The Labute approximate surface area is 118 Å². The molecule has 6 heteroatoms. The molecule has 0 saturated carbocycles. The van der Waals surface area contributed by atoms with Crippen molar-refractivity contribution in [3.8, 4) is 0 Å². The maximum absolute atomic E-state index is 12.7. The van der Waals surface area contributed by atoms with E-state index in [4.69, 9.17) is 0 Å². The zero-order chi connectivity index (χ0) is 13.2. The molecule has 0 atom stereocenters. The average molecular weight is 292 g/mol. The molecule has 1 aromatic rings. The van der Waals surface area contributed by atoms with Crippen LogP contribution in [-0.4, -0.2) is 18.1 Å². The quantitative estimate of drug-likeness (QED) is 0.906. The topological polar surface area (TPSA) is 24.9 Å². The number of nitrogens with zero attached hydrogens (tertiary/aromatic N) is 1. The van der Waals surface area contributed by atoms with Crippen LogP contribution in [0.2, 0.25) is 0 Å². The third kappa shape index (κ3) is 4.69. The maximum Gasteiger partial charge on any atom is 0.433 e. The molecule has 0 spiro atoms. The van der Waals surface area contributed by atoms with Gasteiger partial charge < -0.3 is 5.32 Å². The van der Waals surface area contributed by atoms with Crippen LogP contribution in [0.1, 0.15) is 29.8 Å². The normalized spacial score (nSPS) is 17.1. The van der Waals surface area contributed by atoms with Gasteiger partial charge in [-0.3, -0.25) is 0 Å². The number of nitrogens with one attached hydrogen (secondary N) is 1. The summed E-state index contributed by atoms with van der Waals surface area (Å²) in [7, 11) is 0. The smallest absolute Gasteiger partial charge is 0.317 e. The fourth-order valence-electron chi connectivity index (χ4n) is 2.42. The van der Waals surface area contributed by atoms with Crippen molar-refractivity contribution in [2.75, 3.05) is 13.1 Å². The molecular weight excluding hydrogens is 273 g/mol. The van der Waals surface area contributed by atoms with Gasteiger partial charge in [0.1, 0.15) is 5.69 Å². The van der Waals surface area contributed by atoms with E-state index in [0.717, 1.165) is 31.5 Å². The molecule has 19 heavy (non-hydrogen) atoms. The number of rotatable bonds is 2. The minimum Gasteiger partial charge on any atom is -0.317 e. The molecule has 0 unspecified atom stereocenters. The maximum atomic E-state index is 12.7. The molecule has 1 aromatic heterocycles. The zero-order valence-corrected chi connectivity index (χ0v) is 11.8. The number of hydrogen-bond acceptors (Lipinski definition) is 2. The minimum atomic E-state index is -4.35. The van der Waals surface area contributed by atoms with E-state index >= 15 is 0 Å². The summed E-state index contributed by atoms with van der Waals surface area (Å²) in [4.78, 5) is 3.56. The molecule has 0 radical (unpaired) electrons. The van der Waals surface area contributed by atoms with Crippen LogP contribution < -0.4 is 5.32 Å². The van der Waals surface area contributed by atoms with Gasteiger partial charge in [0, 0.05) is 5.69 Å². The summed E-state index contributed by atoms with van der Waals surface area (Å²) in [6, 6.07) is 2.95. The Morgan fingerprint density at radius 3 is 2.47 bits per heavy atom. The second kappa shape index (κ2) is 6.61. The molecule has 0 amide bonds. The summed E-state index contributed by atoms with van der Waals surface area (Å²) in [5, 5.41) is 3.26. The molecule has 108 valence electrons. The van der Waals surface area contributed by atoms with Crippen LogP contribution in [0.5, 0.6) is 0 Å². The molecule has 2 rings (SSSR count). The van der Waals surface area contributed by atoms with Crippen molar-refractivity contribution < 1.29 is 13.2 Å². The van der Waals surface area contributed by atoms with E-state index in [0.29, 0.717) is 18.0 Å². The first kappa shape index (κ1) is 16.3. The first-order chi connectivity index (χ1) is 8.45. The zero-order valence-electron chi connectivity index (χ0n) is 10.8. The lowest BCUT2D eigenvalue weighted by molar-refractivity contribution is -0.141. The fraction of sp³-hybridized carbons (Fsp3) is 0.615. The molecule has 1 N–H and O–H groups in total. The number of piperidine rings is 1. The lowest BCUT2D eigenvalue weighted by atomic mass is 9.91. The van der Waals surface area contributed by atoms with E-state index in [-0.39, 0.29) is 13.5 Å². The third-order valence-corrected chi connectivity index (χ3v) is 3.29. The lowest BCUT2D eigenvalue weighted by Gasteiger charge is -2.23. The number of alkyl halides is 3. The summed E-state index contributed by atoms with van der Waals surface area (Å²) in [6.45, 7) is 3.53. The van der Waals surface area contributed by atoms with Crippen LogP contribution in [0.25, 0.3) is 0 Å². The van der Waals surface area contributed by atoms with Gasteiger partial charge in [0.25, 0.3) is 0 Å². The van der Waals surface area contributed by atoms with E-state index in [1.807, 2.05) is 0 Å². The standard InChI is InChI=1S/C13H17F3N2.H2S/c1-9-6-11(7-10-2-4-17-5-3-10)8-12(18-9)13(14,15)16;/h6,8,10,17H,2-5,7H2,1H3;1H2. The number of halogens is 3. The predicted octanol–water partition coefficient (Wildman–Crippen LogP) is 3.06. The minimum absolute atomic E-state index is 0. The Morgan fingerprint density at radius 1 is 1.26 bits per heavy atom. The second-order valence-electron chi connectivity index (χ2n) is 4.90. The Morgan fingerprint density at radius 2 is 1.89 bits per heavy atom. The Kier molecular flexibility index (Phi) is 5.67. The van der Waals surface area contributed by atoms with Crippen molar-refractivity contribution in [1.29, 1.82) is 0 Å². The highest BCUT2D eigenvalue weighted by Crippen LogP contribution is 2.29. The number of aryl methyl sites for hydroxylation is 1. The van der Waals surface area contributed by atoms with Gasteiger partial charge in [0.2, 0.25) is 0 Å². The Balaban J connectivity index is 0.00000180. The van der Waals surface area contributed by atoms with Gasteiger partial charge in [0.05, 0.1) is 0 Å². The van der Waals surface area contributed by atoms with Gasteiger partial charge in [-0.05, 0) is 62.9 Å². The molecule has 0 aliphatic carbocycles. The lowest BCUT2D eigenvalue weighted by Crippen LogP contribution is -2.28. The summed E-state index contributed by atoms with van der Waals surface area (Å²) in [5.41, 5.74) is 0.418. The van der Waals surface area contributed by atoms with Gasteiger partial charge in [-0.1, -0.05) is 0 Å². The van der Waals surface area contributed by atoms with Gasteiger partial charge in [-0.2, -0.15) is 26.7 Å². The molecule has 1 fully saturated rings. The highest BCUT2D eigenvalue weighted by molar-refractivity contribution is 7.59. The summed E-state index contributed by atoms with van der Waals surface area (Å²) >= 11 is 0. The SMILES string of the molecule is Cc1cc(CC2CCNCC2)cc(C(F)(F)F)n1.S. The van der Waals surface area contributed by atoms with E-state index < -0.39 is 11.9 Å². The van der Waals surface area contributed by atoms with E-state index in [9.17, 15) is 13.2 Å². The Hall–Kier alpha value is -0.750. The fourth-order valence-corrected chi connectivity index (χ4v) is 2.42. The van der Waals surface area contributed by atoms with Crippen molar-refractivity contribution in [1.82, 2.24) is 10.3 Å². The molecular formula is C13H19F3N2S. The predicted molar refractivity (Wildman–Crippen MR) is 73.7 cm³/mol. The van der Waals surface area contributed by atoms with Crippen molar-refractivity contribution >= 4 is 13.5 Å². The summed E-state index contributed by atoms with van der Waals surface area (Å²) < 4.78 is 38.0. The van der Waals surface area contributed by atoms with Gasteiger partial charge in [-0.25, -0.2) is 4.98 Å². The highest BCUT2D eigenvalue weighted by Gasteiger charge is 2.33. The molecule has 1 saturated heterocycles. The van der Waals surface area contributed by atoms with E-state index in [2.05, 4.69) is 10.3 Å². The van der Waals surface area contributed by atoms with Crippen molar-refractivity contribution in [3.63, 3.8) is 0 Å². The Bertz CT molecular complexity index is 415. The molecule has 0 bridgehead atoms. The van der Waals surface area contributed by atoms with Crippen molar-refractivity contribution in [2.45, 2.75) is 32.4 Å². The molecule has 0 aromatic carbocycles. The van der Waals surface area contributed by atoms with Crippen molar-refractivity contribution in [2.24, 2.45) is 5.92 Å². The third-order valence-electron chi connectivity index (χ3n) is 3.29. The molecule has 1 aliphatic heterocycles. The van der Waals surface area contributed by atoms with Gasteiger partial charge in [-0.15, -0.1) is 0 Å². The van der Waals surface area contributed by atoms with Crippen LogP contribution in [0, 0.1) is 12.8 Å². The van der Waals surface area contributed by atoms with Crippen LogP contribution in [0.4, 0.5) is 13.2 Å². The molecule has 2 heterocycles. The van der Waals surface area contributed by atoms with Gasteiger partial charge in [0.15, 0.2) is 0 Å². The van der Waals surface area contributed by atoms with E-state index in [1.54, 1.807) is 13.0 Å². The second-order valence-corrected chi connectivity index (χ2v) is 4.90. The number of aromatic nitrogens is 1. The summed E-state index contributed by atoms with van der Waals surface area (Å²) in [6.07, 6.45) is -1.57. The van der Waals surface area contributed by atoms with Gasteiger partial charge >= 0.3 is 6.18 Å². The van der Waals surface area contributed by atoms with E-state index in [1.165, 1.54) is 6.07 Å². The van der Waals surface area contributed by atoms with Crippen LogP contribution in [0.3, 0.4) is 0 Å². The largest absolute Gasteiger partial charge is 0.433 e. The van der Waals surface area contributed by atoms with Crippen LogP contribution in [-0.2, 0) is 12.6 Å². The monoisotopic (exact) mass is 292 g/mol. The number of hydrogen-bond donors (Lipinski definition) is 1. The average Bonchev–Trinajstić information content (AvgIpc) is 2.28. The van der Waals surface area contributed by atoms with Crippen LogP contribution in [0.15, 0.2) is 12.1 Å². The summed E-state index contributed by atoms with van der Waals surface area (Å²) in [5.74, 6) is 0.481.